The maximum Gasteiger partial charge on any atom is 0.395 e. The summed E-state index contributed by atoms with van der Waals surface area (Å²) >= 11 is 0. The molecule has 1 aromatic carbocycles. The maximum absolute atomic E-state index is 12.4. The molecule has 1 aromatic rings. The zero-order chi connectivity index (χ0) is 12.3. The van der Waals surface area contributed by atoms with Crippen LogP contribution in [0.4, 0.5) is 13.2 Å². The van der Waals surface area contributed by atoms with Crippen molar-refractivity contribution >= 4 is 5.57 Å². The molecule has 0 fully saturated rings. The molecule has 0 saturated heterocycles. The summed E-state index contributed by atoms with van der Waals surface area (Å²) in [6, 6.07) is 6.38. The zero-order valence-electron chi connectivity index (χ0n) is 9.14. The molecule has 1 rings (SSSR count). The van der Waals surface area contributed by atoms with Crippen molar-refractivity contribution < 1.29 is 17.9 Å². The van der Waals surface area contributed by atoms with Crippen LogP contribution >= 0.6 is 0 Å². The van der Waals surface area contributed by atoms with Crippen LogP contribution in [0.1, 0.15) is 12.5 Å². The van der Waals surface area contributed by atoms with Gasteiger partial charge < -0.3 is 4.74 Å². The van der Waals surface area contributed by atoms with Crippen LogP contribution in [0.15, 0.2) is 30.8 Å². The molecule has 0 aliphatic rings. The van der Waals surface area contributed by atoms with Gasteiger partial charge in [-0.3, -0.25) is 0 Å². The van der Waals surface area contributed by atoms with Gasteiger partial charge in [-0.25, -0.2) is 0 Å². The van der Waals surface area contributed by atoms with E-state index in [2.05, 4.69) is 6.58 Å². The van der Waals surface area contributed by atoms with Crippen LogP contribution in [0.2, 0.25) is 0 Å². The topological polar surface area (TPSA) is 9.23 Å². The molecule has 1 nitrogen and oxygen atoms in total. The molecular formula is C12H13F3O. The van der Waals surface area contributed by atoms with E-state index in [-0.39, 0.29) is 5.57 Å². The molecule has 0 heterocycles. The molecule has 1 unspecified atom stereocenters. The second kappa shape index (κ2) is 4.60. The van der Waals surface area contributed by atoms with Gasteiger partial charge in [-0.2, -0.15) is 13.2 Å². The lowest BCUT2D eigenvalue weighted by atomic mass is 9.95. The number of halogens is 3. The van der Waals surface area contributed by atoms with Gasteiger partial charge >= 0.3 is 6.18 Å². The minimum Gasteiger partial charge on any atom is -0.497 e. The van der Waals surface area contributed by atoms with Crippen LogP contribution in [0.25, 0.3) is 5.57 Å². The van der Waals surface area contributed by atoms with Gasteiger partial charge in [-0.05, 0) is 30.2 Å². The van der Waals surface area contributed by atoms with Gasteiger partial charge in [0.2, 0.25) is 0 Å². The average Bonchev–Trinajstić information content (AvgIpc) is 2.26. The number of rotatable bonds is 3. The molecule has 0 spiro atoms. The molecular weight excluding hydrogens is 217 g/mol. The summed E-state index contributed by atoms with van der Waals surface area (Å²) in [6.45, 7) is 4.59. The smallest absolute Gasteiger partial charge is 0.395 e. The van der Waals surface area contributed by atoms with Gasteiger partial charge in [0, 0.05) is 0 Å². The second-order valence-corrected chi connectivity index (χ2v) is 3.52. The van der Waals surface area contributed by atoms with Crippen LogP contribution < -0.4 is 4.74 Å². The molecule has 1 atom stereocenters. The van der Waals surface area contributed by atoms with E-state index in [0.717, 1.165) is 6.92 Å². The molecule has 0 aromatic heterocycles. The number of hydrogen-bond acceptors (Lipinski definition) is 1. The third kappa shape index (κ3) is 2.78. The molecule has 4 heteroatoms. The number of methoxy groups -OCH3 is 1. The Kier molecular flexibility index (Phi) is 3.62. The summed E-state index contributed by atoms with van der Waals surface area (Å²) in [5.41, 5.74) is 0.542. The van der Waals surface area contributed by atoms with E-state index in [0.29, 0.717) is 11.3 Å². The van der Waals surface area contributed by atoms with Crippen LogP contribution in [0.3, 0.4) is 0 Å². The lowest BCUT2D eigenvalue weighted by molar-refractivity contribution is -0.153. The van der Waals surface area contributed by atoms with E-state index in [1.165, 1.54) is 7.11 Å². The fourth-order valence-corrected chi connectivity index (χ4v) is 1.25. The molecule has 0 amide bonds. The molecule has 0 N–H and O–H groups in total. The number of benzene rings is 1. The van der Waals surface area contributed by atoms with Crippen molar-refractivity contribution in [2.45, 2.75) is 13.1 Å². The van der Waals surface area contributed by atoms with Gasteiger partial charge in [0.1, 0.15) is 5.75 Å². The Hall–Kier alpha value is -1.45. The minimum atomic E-state index is -4.25. The van der Waals surface area contributed by atoms with Crippen molar-refractivity contribution in [2.75, 3.05) is 7.11 Å². The van der Waals surface area contributed by atoms with Crippen LogP contribution in [-0.2, 0) is 0 Å². The number of ether oxygens (including phenoxy) is 1. The fourth-order valence-electron chi connectivity index (χ4n) is 1.25. The van der Waals surface area contributed by atoms with Gasteiger partial charge in [-0.15, -0.1) is 0 Å². The molecule has 0 radical (unpaired) electrons. The first kappa shape index (κ1) is 12.6. The van der Waals surface area contributed by atoms with E-state index in [9.17, 15) is 13.2 Å². The Morgan fingerprint density at radius 1 is 1.25 bits per heavy atom. The van der Waals surface area contributed by atoms with Crippen molar-refractivity contribution in [2.24, 2.45) is 5.92 Å². The Bertz CT molecular complexity index is 365. The molecule has 16 heavy (non-hydrogen) atoms. The van der Waals surface area contributed by atoms with Crippen molar-refractivity contribution in [3.8, 4) is 5.75 Å². The third-order valence-corrected chi connectivity index (χ3v) is 2.47. The Morgan fingerprint density at radius 3 is 2.12 bits per heavy atom. The van der Waals surface area contributed by atoms with E-state index in [1.54, 1.807) is 24.3 Å². The highest BCUT2D eigenvalue weighted by molar-refractivity contribution is 5.66. The first-order valence-electron chi connectivity index (χ1n) is 4.76. The van der Waals surface area contributed by atoms with Crippen LogP contribution in [0, 0.1) is 5.92 Å². The first-order chi connectivity index (χ1) is 7.36. The van der Waals surface area contributed by atoms with Gasteiger partial charge in [0.05, 0.1) is 13.0 Å². The summed E-state index contributed by atoms with van der Waals surface area (Å²) in [6.07, 6.45) is -4.25. The van der Waals surface area contributed by atoms with Crippen molar-refractivity contribution in [1.29, 1.82) is 0 Å². The Morgan fingerprint density at radius 2 is 1.75 bits per heavy atom. The second-order valence-electron chi connectivity index (χ2n) is 3.52. The monoisotopic (exact) mass is 230 g/mol. The maximum atomic E-state index is 12.4. The van der Waals surface area contributed by atoms with E-state index < -0.39 is 12.1 Å². The zero-order valence-corrected chi connectivity index (χ0v) is 9.14. The first-order valence-corrected chi connectivity index (χ1v) is 4.76. The quantitative estimate of drug-likeness (QED) is 0.765. The van der Waals surface area contributed by atoms with Crippen LogP contribution in [-0.4, -0.2) is 13.3 Å². The minimum absolute atomic E-state index is 0.0650. The summed E-state index contributed by atoms with van der Waals surface area (Å²) in [5.74, 6) is -0.933. The predicted molar refractivity (Wildman–Crippen MR) is 57.2 cm³/mol. The molecule has 88 valence electrons. The summed E-state index contributed by atoms with van der Waals surface area (Å²) in [7, 11) is 1.50. The highest BCUT2D eigenvalue weighted by Crippen LogP contribution is 2.35. The van der Waals surface area contributed by atoms with Crippen molar-refractivity contribution in [3.05, 3.63) is 36.4 Å². The van der Waals surface area contributed by atoms with Crippen molar-refractivity contribution in [3.63, 3.8) is 0 Å². The highest BCUT2D eigenvalue weighted by Gasteiger charge is 2.37. The summed E-state index contributed by atoms with van der Waals surface area (Å²) < 4.78 is 42.3. The van der Waals surface area contributed by atoms with Gasteiger partial charge in [-0.1, -0.05) is 18.7 Å². The Labute approximate surface area is 92.5 Å². The lowest BCUT2D eigenvalue weighted by Gasteiger charge is -2.18. The summed E-state index contributed by atoms with van der Waals surface area (Å²) in [4.78, 5) is 0. The SMILES string of the molecule is C=C(c1ccc(OC)cc1)C(C)C(F)(F)F. The number of hydrogen-bond donors (Lipinski definition) is 0. The average molecular weight is 230 g/mol. The fraction of sp³-hybridized carbons (Fsp3) is 0.333. The van der Waals surface area contributed by atoms with E-state index in [1.807, 2.05) is 0 Å². The number of allylic oxidation sites excluding steroid dienone is 1. The summed E-state index contributed by atoms with van der Waals surface area (Å²) in [5, 5.41) is 0. The van der Waals surface area contributed by atoms with E-state index in [4.69, 9.17) is 4.74 Å². The van der Waals surface area contributed by atoms with Crippen molar-refractivity contribution in [1.82, 2.24) is 0 Å². The van der Waals surface area contributed by atoms with Gasteiger partial charge in [0.15, 0.2) is 0 Å². The van der Waals surface area contributed by atoms with Gasteiger partial charge in [0.25, 0.3) is 0 Å². The lowest BCUT2D eigenvalue weighted by Crippen LogP contribution is -2.20. The predicted octanol–water partition coefficient (Wildman–Crippen LogP) is 3.91. The number of alkyl halides is 3. The largest absolute Gasteiger partial charge is 0.497 e. The van der Waals surface area contributed by atoms with Crippen LogP contribution in [0.5, 0.6) is 5.75 Å². The van der Waals surface area contributed by atoms with E-state index >= 15 is 0 Å². The highest BCUT2D eigenvalue weighted by atomic mass is 19.4. The molecule has 0 saturated carbocycles. The normalized spacial score (nSPS) is 13.3. The third-order valence-electron chi connectivity index (χ3n) is 2.47. The molecule has 0 aliphatic carbocycles. The standard InChI is InChI=1S/C12H13F3O/c1-8(9(2)12(13,14)15)10-4-6-11(16-3)7-5-10/h4-7,9H,1H2,2-3H3. The molecule has 0 bridgehead atoms. The molecule has 0 aliphatic heterocycles. The Balaban J connectivity index is 2.88.